The Morgan fingerprint density at radius 3 is 1.88 bits per heavy atom. The van der Waals surface area contributed by atoms with Gasteiger partial charge in [-0.15, -0.1) is 0 Å². The number of aliphatic carboxylic acids is 3. The Kier molecular flexibility index (Phi) is 15.0. The number of nitrogens with zero attached hydrogens (tertiary/aromatic N) is 1. The van der Waals surface area contributed by atoms with Crippen LogP contribution in [0.2, 0.25) is 0 Å². The fourth-order valence-electron chi connectivity index (χ4n) is 4.51. The van der Waals surface area contributed by atoms with E-state index in [2.05, 4.69) is 31.2 Å². The number of imidazole rings is 1. The summed E-state index contributed by atoms with van der Waals surface area (Å²) in [5, 5.41) is 46.6. The second kappa shape index (κ2) is 18.6. The molecule has 1 heterocycles. The van der Waals surface area contributed by atoms with E-state index in [1.165, 1.54) is 24.7 Å². The molecule has 0 aliphatic rings. The molecule has 262 valence electrons. The van der Waals surface area contributed by atoms with Crippen LogP contribution in [0.4, 0.5) is 0 Å². The number of hydrogen-bond donors (Lipinski definition) is 10. The monoisotopic (exact) mass is 675 g/mol. The molecule has 11 N–H and O–H groups in total. The number of aromatic hydroxyl groups is 1. The van der Waals surface area contributed by atoms with Crippen molar-refractivity contribution in [3.8, 4) is 5.75 Å². The largest absolute Gasteiger partial charge is 0.508 e. The maximum absolute atomic E-state index is 13.5. The molecule has 0 unspecified atom stereocenters. The van der Waals surface area contributed by atoms with E-state index in [0.29, 0.717) is 11.3 Å². The maximum Gasteiger partial charge on any atom is 0.326 e. The van der Waals surface area contributed by atoms with Gasteiger partial charge in [-0.3, -0.25) is 28.8 Å². The number of benzene rings is 1. The second-order valence-electron chi connectivity index (χ2n) is 11.5. The van der Waals surface area contributed by atoms with Crippen LogP contribution in [0.15, 0.2) is 36.8 Å². The van der Waals surface area contributed by atoms with E-state index in [1.807, 2.05) is 0 Å². The van der Waals surface area contributed by atoms with Gasteiger partial charge < -0.3 is 52.4 Å². The first-order valence-electron chi connectivity index (χ1n) is 14.9. The number of H-pyrrole nitrogens is 1. The van der Waals surface area contributed by atoms with Crippen LogP contribution in [0.5, 0.6) is 5.75 Å². The van der Waals surface area contributed by atoms with Crippen LogP contribution in [0, 0.1) is 5.92 Å². The molecule has 0 spiro atoms. The van der Waals surface area contributed by atoms with Crippen molar-refractivity contribution in [2.75, 3.05) is 0 Å². The summed E-state index contributed by atoms with van der Waals surface area (Å²) >= 11 is 0. The highest BCUT2D eigenvalue weighted by molar-refractivity contribution is 5.96. The molecule has 48 heavy (non-hydrogen) atoms. The standard InChI is InChI=1S/C30H41N7O11/c1-15(2)9-21(28(45)36-22(11-17-13-32-14-33-17)29(46)37-23(30(47)48)12-25(41)42)35-27(44)20(7-8-24(39)40)34-26(43)19(31)10-16-3-5-18(38)6-4-16/h3-6,13-15,19-23,38H,7-12,31H2,1-2H3,(H,32,33)(H,34,43)(H,35,44)(H,36,45)(H,37,46)(H,39,40)(H,41,42)(H,47,48)/t19-,20-,21-,22-,23-/m0/s1. The van der Waals surface area contributed by atoms with Gasteiger partial charge in [0, 0.05) is 24.7 Å². The van der Waals surface area contributed by atoms with Crippen molar-refractivity contribution in [3.63, 3.8) is 0 Å². The smallest absolute Gasteiger partial charge is 0.326 e. The number of nitrogens with two attached hydrogens (primary N) is 1. The fourth-order valence-corrected chi connectivity index (χ4v) is 4.51. The summed E-state index contributed by atoms with van der Waals surface area (Å²) in [6.45, 7) is 3.49. The Morgan fingerprint density at radius 1 is 0.771 bits per heavy atom. The molecule has 1 aromatic heterocycles. The molecular formula is C30H41N7O11. The predicted molar refractivity (Wildman–Crippen MR) is 166 cm³/mol. The Morgan fingerprint density at radius 2 is 1.33 bits per heavy atom. The molecule has 0 aliphatic carbocycles. The van der Waals surface area contributed by atoms with Crippen LogP contribution in [0.3, 0.4) is 0 Å². The average molecular weight is 676 g/mol. The van der Waals surface area contributed by atoms with Crippen LogP contribution >= 0.6 is 0 Å². The lowest BCUT2D eigenvalue weighted by molar-refractivity contribution is -0.147. The summed E-state index contributed by atoms with van der Waals surface area (Å²) in [4.78, 5) is 93.6. The van der Waals surface area contributed by atoms with Gasteiger partial charge in [0.05, 0.1) is 18.8 Å². The third kappa shape index (κ3) is 13.5. The van der Waals surface area contributed by atoms with Gasteiger partial charge >= 0.3 is 17.9 Å². The second-order valence-corrected chi connectivity index (χ2v) is 11.5. The van der Waals surface area contributed by atoms with Gasteiger partial charge in [-0.25, -0.2) is 9.78 Å². The Balaban J connectivity index is 2.25. The van der Waals surface area contributed by atoms with E-state index in [-0.39, 0.29) is 37.4 Å². The van der Waals surface area contributed by atoms with Crippen LogP contribution in [0.1, 0.15) is 50.8 Å². The van der Waals surface area contributed by atoms with Gasteiger partial charge in [0.2, 0.25) is 23.6 Å². The highest BCUT2D eigenvalue weighted by atomic mass is 16.4. The van der Waals surface area contributed by atoms with Crippen LogP contribution in [-0.4, -0.2) is 102 Å². The summed E-state index contributed by atoms with van der Waals surface area (Å²) in [6.07, 6.45) is 0.725. The third-order valence-electron chi connectivity index (χ3n) is 6.95. The third-order valence-corrected chi connectivity index (χ3v) is 6.95. The molecule has 18 nitrogen and oxygen atoms in total. The van der Waals surface area contributed by atoms with E-state index >= 15 is 0 Å². The first-order valence-corrected chi connectivity index (χ1v) is 14.9. The number of nitrogens with one attached hydrogen (secondary N) is 5. The zero-order valence-electron chi connectivity index (χ0n) is 26.3. The zero-order valence-corrected chi connectivity index (χ0v) is 26.3. The molecular weight excluding hydrogens is 634 g/mol. The van der Waals surface area contributed by atoms with Gasteiger partial charge in [-0.05, 0) is 42.9 Å². The zero-order chi connectivity index (χ0) is 36.0. The number of phenolic OH excluding ortho intramolecular Hbond substituents is 1. The number of aromatic nitrogens is 2. The Hall–Kier alpha value is -5.52. The SMILES string of the molecule is CC(C)C[C@H](NC(=O)[C@H](CCC(=O)O)NC(=O)[C@@H](N)Cc1ccc(O)cc1)C(=O)N[C@@H](Cc1cnc[nH]1)C(=O)N[C@@H](CC(=O)O)C(=O)O. The van der Waals surface area contributed by atoms with Crippen molar-refractivity contribution in [3.05, 3.63) is 48.0 Å². The molecule has 0 fully saturated rings. The summed E-state index contributed by atoms with van der Waals surface area (Å²) < 4.78 is 0. The highest BCUT2D eigenvalue weighted by Gasteiger charge is 2.33. The molecule has 0 radical (unpaired) electrons. The number of carboxylic acids is 3. The molecule has 2 rings (SSSR count). The van der Waals surface area contributed by atoms with Crippen molar-refractivity contribution in [2.45, 2.75) is 82.6 Å². The topological polar surface area (TPSA) is 303 Å². The predicted octanol–water partition coefficient (Wildman–Crippen LogP) is -1.36. The normalized spacial score (nSPS) is 14.1. The number of hydrogen-bond acceptors (Lipinski definition) is 10. The Labute approximate surface area is 274 Å². The molecule has 0 aliphatic heterocycles. The minimum Gasteiger partial charge on any atom is -0.508 e. The lowest BCUT2D eigenvalue weighted by Gasteiger charge is -2.27. The van der Waals surface area contributed by atoms with Gasteiger partial charge in [-0.2, -0.15) is 0 Å². The van der Waals surface area contributed by atoms with Crippen molar-refractivity contribution in [2.24, 2.45) is 11.7 Å². The quantitative estimate of drug-likeness (QED) is 0.0776. The first kappa shape index (κ1) is 38.7. The maximum atomic E-state index is 13.5. The van der Waals surface area contributed by atoms with Gasteiger partial charge in [-0.1, -0.05) is 26.0 Å². The van der Waals surface area contributed by atoms with E-state index in [0.717, 1.165) is 0 Å². The number of carboxylic acid groups (broad SMARTS) is 3. The molecule has 0 saturated carbocycles. The van der Waals surface area contributed by atoms with E-state index < -0.39 is 84.6 Å². The van der Waals surface area contributed by atoms with Crippen molar-refractivity contribution in [1.82, 2.24) is 31.2 Å². The summed E-state index contributed by atoms with van der Waals surface area (Å²) in [7, 11) is 0. The minimum absolute atomic E-state index is 0.0121. The number of aromatic amines is 1. The fraction of sp³-hybridized carbons (Fsp3) is 0.467. The number of carbonyl (C=O) groups excluding carboxylic acids is 4. The highest BCUT2D eigenvalue weighted by Crippen LogP contribution is 2.12. The van der Waals surface area contributed by atoms with Gasteiger partial charge in [0.15, 0.2) is 0 Å². The molecule has 0 saturated heterocycles. The van der Waals surface area contributed by atoms with Crippen molar-refractivity contribution in [1.29, 1.82) is 0 Å². The molecule has 1 aromatic carbocycles. The van der Waals surface area contributed by atoms with Crippen LogP contribution < -0.4 is 27.0 Å². The summed E-state index contributed by atoms with van der Waals surface area (Å²) in [5.41, 5.74) is 7.00. The number of phenols is 1. The molecule has 18 heteroatoms. The first-order chi connectivity index (χ1) is 22.5. The lowest BCUT2D eigenvalue weighted by Crippen LogP contribution is -2.59. The van der Waals surface area contributed by atoms with Crippen molar-refractivity contribution >= 4 is 41.5 Å². The molecule has 4 amide bonds. The summed E-state index contributed by atoms with van der Waals surface area (Å²) in [5.74, 6) is -8.08. The molecule has 2 aromatic rings. The number of amides is 4. The summed E-state index contributed by atoms with van der Waals surface area (Å²) in [6, 6.07) is -1.19. The Bertz CT molecular complexity index is 1430. The van der Waals surface area contributed by atoms with E-state index in [1.54, 1.807) is 26.0 Å². The average Bonchev–Trinajstić information content (AvgIpc) is 3.51. The van der Waals surface area contributed by atoms with Crippen LogP contribution in [-0.2, 0) is 46.4 Å². The van der Waals surface area contributed by atoms with Gasteiger partial charge in [0.1, 0.15) is 29.9 Å². The minimum atomic E-state index is -1.80. The van der Waals surface area contributed by atoms with Crippen LogP contribution in [0.25, 0.3) is 0 Å². The number of carbonyl (C=O) groups is 7. The van der Waals surface area contributed by atoms with Crippen molar-refractivity contribution < 1.29 is 54.0 Å². The molecule has 0 bridgehead atoms. The lowest BCUT2D eigenvalue weighted by atomic mass is 10.0. The van der Waals surface area contributed by atoms with E-state index in [9.17, 15) is 48.9 Å². The van der Waals surface area contributed by atoms with E-state index in [4.69, 9.17) is 10.8 Å². The van der Waals surface area contributed by atoms with Gasteiger partial charge in [0.25, 0.3) is 0 Å². The molecule has 5 atom stereocenters. The number of rotatable bonds is 20.